The molecule has 0 bridgehead atoms. The van der Waals surface area contributed by atoms with Crippen molar-refractivity contribution in [3.63, 3.8) is 0 Å². The van der Waals surface area contributed by atoms with Crippen LogP contribution in [0.3, 0.4) is 0 Å². The lowest BCUT2D eigenvalue weighted by Crippen LogP contribution is -2.25. The number of hydrogen-bond donors (Lipinski definition) is 1. The monoisotopic (exact) mass is 277 g/mol. The molecule has 0 aliphatic heterocycles. The van der Waals surface area contributed by atoms with Crippen LogP contribution in [0, 0.1) is 6.92 Å². The first-order chi connectivity index (χ1) is 6.56. The van der Waals surface area contributed by atoms with E-state index in [1.54, 1.807) is 24.3 Å². The van der Waals surface area contributed by atoms with Gasteiger partial charge >= 0.3 is 0 Å². The minimum absolute atomic E-state index is 0.309. The second-order valence-electron chi connectivity index (χ2n) is 2.90. The molecule has 0 saturated carbocycles. The highest BCUT2D eigenvalue weighted by Gasteiger charge is 2.11. The topological polar surface area (TPSA) is 46.2 Å². The van der Waals surface area contributed by atoms with Crippen LogP contribution >= 0.6 is 15.9 Å². The number of rotatable bonds is 4. The van der Waals surface area contributed by atoms with Gasteiger partial charge in [0.25, 0.3) is 0 Å². The van der Waals surface area contributed by atoms with Gasteiger partial charge in [-0.2, -0.15) is 0 Å². The third kappa shape index (κ3) is 3.08. The quantitative estimate of drug-likeness (QED) is 0.851. The van der Waals surface area contributed by atoms with Crippen LogP contribution in [-0.4, -0.2) is 20.3 Å². The molecule has 0 spiro atoms. The SMILES string of the molecule is Cc1ccc(S(=O)(=O)NCCBr)cc1. The molecule has 3 nitrogen and oxygen atoms in total. The molecule has 5 heteroatoms. The van der Waals surface area contributed by atoms with Crippen molar-refractivity contribution < 1.29 is 8.42 Å². The number of sulfonamides is 1. The Kier molecular flexibility index (Phi) is 4.10. The summed E-state index contributed by atoms with van der Waals surface area (Å²) in [5.41, 5.74) is 1.05. The summed E-state index contributed by atoms with van der Waals surface area (Å²) in [6.07, 6.45) is 0. The van der Waals surface area contributed by atoms with Crippen molar-refractivity contribution in [3.05, 3.63) is 29.8 Å². The third-order valence-corrected chi connectivity index (χ3v) is 3.59. The van der Waals surface area contributed by atoms with Crippen LogP contribution in [0.1, 0.15) is 5.56 Å². The van der Waals surface area contributed by atoms with Crippen molar-refractivity contribution in [2.75, 3.05) is 11.9 Å². The minimum atomic E-state index is -3.32. The van der Waals surface area contributed by atoms with Crippen LogP contribution < -0.4 is 4.72 Å². The molecule has 14 heavy (non-hydrogen) atoms. The van der Waals surface area contributed by atoms with Gasteiger partial charge in [0.2, 0.25) is 10.0 Å². The van der Waals surface area contributed by atoms with E-state index in [0.29, 0.717) is 16.8 Å². The van der Waals surface area contributed by atoms with E-state index in [9.17, 15) is 8.42 Å². The standard InChI is InChI=1S/C9H12BrNO2S/c1-8-2-4-9(5-3-8)14(12,13)11-7-6-10/h2-5,11H,6-7H2,1H3. The average Bonchev–Trinajstić information content (AvgIpc) is 2.16. The molecule has 0 atom stereocenters. The highest BCUT2D eigenvalue weighted by molar-refractivity contribution is 9.09. The Morgan fingerprint density at radius 2 is 1.86 bits per heavy atom. The van der Waals surface area contributed by atoms with Gasteiger partial charge in [-0.1, -0.05) is 33.6 Å². The maximum atomic E-state index is 11.6. The van der Waals surface area contributed by atoms with Gasteiger partial charge in [-0.15, -0.1) is 0 Å². The van der Waals surface area contributed by atoms with Crippen molar-refractivity contribution in [2.24, 2.45) is 0 Å². The molecule has 0 saturated heterocycles. The van der Waals surface area contributed by atoms with Gasteiger partial charge in [-0.3, -0.25) is 0 Å². The summed E-state index contributed by atoms with van der Waals surface area (Å²) in [4.78, 5) is 0.309. The van der Waals surface area contributed by atoms with E-state index >= 15 is 0 Å². The van der Waals surface area contributed by atoms with Gasteiger partial charge in [-0.25, -0.2) is 13.1 Å². The Morgan fingerprint density at radius 1 is 1.29 bits per heavy atom. The van der Waals surface area contributed by atoms with Gasteiger partial charge in [0.15, 0.2) is 0 Å². The van der Waals surface area contributed by atoms with Crippen LogP contribution in [-0.2, 0) is 10.0 Å². The number of halogens is 1. The number of aryl methyl sites for hydroxylation is 1. The Balaban J connectivity index is 2.87. The molecule has 0 aliphatic rings. The third-order valence-electron chi connectivity index (χ3n) is 1.72. The fourth-order valence-electron chi connectivity index (χ4n) is 0.974. The van der Waals surface area contributed by atoms with Gasteiger partial charge in [0.1, 0.15) is 0 Å². The van der Waals surface area contributed by atoms with Gasteiger partial charge < -0.3 is 0 Å². The van der Waals surface area contributed by atoms with Gasteiger partial charge in [0, 0.05) is 11.9 Å². The van der Waals surface area contributed by atoms with Gasteiger partial charge in [-0.05, 0) is 19.1 Å². The molecule has 0 fully saturated rings. The zero-order chi connectivity index (χ0) is 10.6. The molecule has 1 aromatic rings. The molecule has 0 aromatic heterocycles. The highest BCUT2D eigenvalue weighted by atomic mass is 79.9. The molecular formula is C9H12BrNO2S. The first-order valence-electron chi connectivity index (χ1n) is 4.18. The number of alkyl halides is 1. The molecule has 0 aliphatic carbocycles. The maximum Gasteiger partial charge on any atom is 0.240 e. The summed E-state index contributed by atoms with van der Waals surface area (Å²) in [6.45, 7) is 2.32. The van der Waals surface area contributed by atoms with Crippen molar-refractivity contribution in [1.82, 2.24) is 4.72 Å². The van der Waals surface area contributed by atoms with Crippen molar-refractivity contribution in [2.45, 2.75) is 11.8 Å². The zero-order valence-corrected chi connectivity index (χ0v) is 10.2. The maximum absolute atomic E-state index is 11.6. The van der Waals surface area contributed by atoms with Crippen molar-refractivity contribution >= 4 is 26.0 Å². The first-order valence-corrected chi connectivity index (χ1v) is 6.79. The van der Waals surface area contributed by atoms with Crippen molar-refractivity contribution in [1.29, 1.82) is 0 Å². The Hall–Kier alpha value is -0.390. The molecule has 1 rings (SSSR count). The Bertz CT molecular complexity index is 386. The van der Waals surface area contributed by atoms with Crippen molar-refractivity contribution in [3.8, 4) is 0 Å². The summed E-state index contributed by atoms with van der Waals surface area (Å²) >= 11 is 3.16. The summed E-state index contributed by atoms with van der Waals surface area (Å²) in [5, 5.41) is 0.609. The second-order valence-corrected chi connectivity index (χ2v) is 5.46. The van der Waals surface area contributed by atoms with E-state index in [0.717, 1.165) is 5.56 Å². The highest BCUT2D eigenvalue weighted by Crippen LogP contribution is 2.09. The fraction of sp³-hybridized carbons (Fsp3) is 0.333. The summed E-state index contributed by atoms with van der Waals surface area (Å²) in [5.74, 6) is 0. The van der Waals surface area contributed by atoms with Crippen LogP contribution in [0.25, 0.3) is 0 Å². The van der Waals surface area contributed by atoms with E-state index in [2.05, 4.69) is 20.7 Å². The normalized spacial score (nSPS) is 11.6. The number of hydrogen-bond acceptors (Lipinski definition) is 2. The zero-order valence-electron chi connectivity index (χ0n) is 7.83. The van der Waals surface area contributed by atoms with E-state index in [4.69, 9.17) is 0 Å². The largest absolute Gasteiger partial charge is 0.240 e. The Morgan fingerprint density at radius 3 is 2.36 bits per heavy atom. The molecule has 0 heterocycles. The molecular weight excluding hydrogens is 266 g/mol. The summed E-state index contributed by atoms with van der Waals surface area (Å²) < 4.78 is 25.6. The van der Waals surface area contributed by atoms with Crippen LogP contribution in [0.5, 0.6) is 0 Å². The van der Waals surface area contributed by atoms with Crippen LogP contribution in [0.4, 0.5) is 0 Å². The fourth-order valence-corrected chi connectivity index (χ4v) is 2.47. The summed E-state index contributed by atoms with van der Waals surface area (Å²) in [6, 6.07) is 6.77. The lowest BCUT2D eigenvalue weighted by molar-refractivity contribution is 0.584. The molecule has 78 valence electrons. The van der Waals surface area contributed by atoms with E-state index in [-0.39, 0.29) is 0 Å². The lowest BCUT2D eigenvalue weighted by atomic mass is 10.2. The molecule has 1 N–H and O–H groups in total. The smallest absolute Gasteiger partial charge is 0.210 e. The first kappa shape index (κ1) is 11.7. The van der Waals surface area contributed by atoms with E-state index < -0.39 is 10.0 Å². The Labute approximate surface area is 92.7 Å². The number of benzene rings is 1. The van der Waals surface area contributed by atoms with Crippen LogP contribution in [0.15, 0.2) is 29.2 Å². The molecule has 0 unspecified atom stereocenters. The lowest BCUT2D eigenvalue weighted by Gasteiger charge is -2.04. The molecule has 0 radical (unpaired) electrons. The predicted octanol–water partition coefficient (Wildman–Crippen LogP) is 1.67. The second kappa shape index (κ2) is 4.91. The average molecular weight is 278 g/mol. The van der Waals surface area contributed by atoms with Crippen LogP contribution in [0.2, 0.25) is 0 Å². The predicted molar refractivity (Wildman–Crippen MR) is 60.2 cm³/mol. The number of nitrogens with one attached hydrogen (secondary N) is 1. The molecule has 0 amide bonds. The summed E-state index contributed by atoms with van der Waals surface area (Å²) in [7, 11) is -3.32. The van der Waals surface area contributed by atoms with E-state index in [1.807, 2.05) is 6.92 Å². The molecule has 1 aromatic carbocycles. The van der Waals surface area contributed by atoms with E-state index in [1.165, 1.54) is 0 Å². The minimum Gasteiger partial charge on any atom is -0.210 e. The van der Waals surface area contributed by atoms with Gasteiger partial charge in [0.05, 0.1) is 4.90 Å².